The Labute approximate surface area is 105 Å². The van der Waals surface area contributed by atoms with Gasteiger partial charge in [-0.25, -0.2) is 10.6 Å². The van der Waals surface area contributed by atoms with Gasteiger partial charge in [-0.2, -0.15) is 8.42 Å². The van der Waals surface area contributed by atoms with Crippen molar-refractivity contribution in [3.05, 3.63) is 24.3 Å². The third kappa shape index (κ3) is 3.69. The fourth-order valence-electron chi connectivity index (χ4n) is 1.13. The lowest BCUT2D eigenvalue weighted by molar-refractivity contribution is 0.198. The van der Waals surface area contributed by atoms with Crippen molar-refractivity contribution in [1.82, 2.24) is 5.01 Å². The molecule has 8 heteroatoms. The lowest BCUT2D eigenvalue weighted by atomic mass is 10.3. The first kappa shape index (κ1) is 14.4. The van der Waals surface area contributed by atoms with E-state index in [9.17, 15) is 13.2 Å². The van der Waals surface area contributed by atoms with Crippen molar-refractivity contribution in [2.45, 2.75) is 24.8 Å². The van der Waals surface area contributed by atoms with Gasteiger partial charge in [0.05, 0.1) is 4.90 Å². The molecule has 0 aliphatic rings. The van der Waals surface area contributed by atoms with E-state index in [-0.39, 0.29) is 10.9 Å². The summed E-state index contributed by atoms with van der Waals surface area (Å²) in [6, 6.07) is 4.40. The van der Waals surface area contributed by atoms with Gasteiger partial charge in [-0.1, -0.05) is 0 Å². The van der Waals surface area contributed by atoms with E-state index in [0.29, 0.717) is 5.69 Å². The van der Waals surface area contributed by atoms with Crippen LogP contribution in [0.1, 0.15) is 13.8 Å². The summed E-state index contributed by atoms with van der Waals surface area (Å²) in [5.41, 5.74) is 0.378. The number of rotatable bonds is 3. The molecule has 0 unspecified atom stereocenters. The van der Waals surface area contributed by atoms with Crippen LogP contribution in [0.4, 0.5) is 10.5 Å². The monoisotopic (exact) mass is 273 g/mol. The number of nitrogens with two attached hydrogens (primary N) is 1. The van der Waals surface area contributed by atoms with Gasteiger partial charge in [-0.3, -0.25) is 9.56 Å². The summed E-state index contributed by atoms with van der Waals surface area (Å²) < 4.78 is 30.4. The van der Waals surface area contributed by atoms with Gasteiger partial charge < -0.3 is 5.32 Å². The molecule has 0 fully saturated rings. The van der Waals surface area contributed by atoms with Gasteiger partial charge in [0.25, 0.3) is 10.1 Å². The number of nitrogens with zero attached hydrogens (tertiary/aromatic N) is 1. The largest absolute Gasteiger partial charge is 0.336 e. The molecule has 0 spiro atoms. The van der Waals surface area contributed by atoms with Crippen LogP contribution in [0.5, 0.6) is 0 Å². The topological polar surface area (TPSA) is 113 Å². The number of hydrazine groups is 1. The lowest BCUT2D eigenvalue weighted by Gasteiger charge is -2.21. The van der Waals surface area contributed by atoms with Crippen molar-refractivity contribution in [2.75, 3.05) is 5.32 Å². The molecule has 0 heterocycles. The van der Waals surface area contributed by atoms with Gasteiger partial charge in [0, 0.05) is 11.7 Å². The van der Waals surface area contributed by atoms with Crippen LogP contribution >= 0.6 is 0 Å². The van der Waals surface area contributed by atoms with Crippen LogP contribution in [-0.2, 0) is 10.1 Å². The molecule has 1 aromatic rings. The van der Waals surface area contributed by atoms with E-state index in [1.54, 1.807) is 13.8 Å². The zero-order chi connectivity index (χ0) is 13.9. The van der Waals surface area contributed by atoms with Gasteiger partial charge in [-0.05, 0) is 38.1 Å². The number of urea groups is 1. The molecule has 4 N–H and O–H groups in total. The quantitative estimate of drug-likeness (QED) is 0.330. The zero-order valence-corrected chi connectivity index (χ0v) is 10.8. The molecule has 0 aromatic heterocycles. The van der Waals surface area contributed by atoms with Crippen LogP contribution in [0.2, 0.25) is 0 Å². The Kier molecular flexibility index (Phi) is 4.28. The molecular formula is C10H15N3O4S. The Morgan fingerprint density at radius 2 is 1.83 bits per heavy atom. The molecule has 7 nitrogen and oxygen atoms in total. The highest BCUT2D eigenvalue weighted by atomic mass is 32.2. The van der Waals surface area contributed by atoms with Gasteiger partial charge in [0.15, 0.2) is 0 Å². The second-order valence-electron chi connectivity index (χ2n) is 3.93. The maximum absolute atomic E-state index is 11.6. The third-order valence-electron chi connectivity index (χ3n) is 2.19. The Morgan fingerprint density at radius 1 is 1.33 bits per heavy atom. The maximum Gasteiger partial charge on any atom is 0.336 e. The Bertz CT molecular complexity index is 525. The summed E-state index contributed by atoms with van der Waals surface area (Å²) >= 11 is 0. The molecular weight excluding hydrogens is 258 g/mol. The zero-order valence-electron chi connectivity index (χ0n) is 9.99. The van der Waals surface area contributed by atoms with E-state index >= 15 is 0 Å². The minimum Gasteiger partial charge on any atom is -0.307 e. The normalized spacial score (nSPS) is 11.4. The van der Waals surface area contributed by atoms with Crippen LogP contribution in [0.25, 0.3) is 0 Å². The third-order valence-corrected chi connectivity index (χ3v) is 3.06. The predicted molar refractivity (Wildman–Crippen MR) is 66.4 cm³/mol. The van der Waals surface area contributed by atoms with Crippen molar-refractivity contribution in [3.8, 4) is 0 Å². The number of nitrogens with one attached hydrogen (secondary N) is 1. The van der Waals surface area contributed by atoms with Gasteiger partial charge >= 0.3 is 6.03 Å². The summed E-state index contributed by atoms with van der Waals surface area (Å²) in [4.78, 5) is 11.3. The minimum atomic E-state index is -4.23. The summed E-state index contributed by atoms with van der Waals surface area (Å²) in [5, 5.41) is 3.50. The number of amides is 2. The second kappa shape index (κ2) is 5.34. The van der Waals surface area contributed by atoms with Crippen LogP contribution in [0.3, 0.4) is 0 Å². The number of anilines is 1. The van der Waals surface area contributed by atoms with Gasteiger partial charge in [-0.15, -0.1) is 0 Å². The summed E-state index contributed by atoms with van der Waals surface area (Å²) in [6.07, 6.45) is 0. The standard InChI is InChI=1S/C10H15N3O4S/c1-7(2)13(11)10(14)12-8-3-5-9(6-4-8)18(15,16)17/h3-7H,11H2,1-2H3,(H,12,14)(H,15,16,17). The smallest absolute Gasteiger partial charge is 0.307 e. The summed E-state index contributed by atoms with van der Waals surface area (Å²) in [5.74, 6) is 5.49. The van der Waals surface area contributed by atoms with E-state index < -0.39 is 16.1 Å². The van der Waals surface area contributed by atoms with Crippen molar-refractivity contribution in [1.29, 1.82) is 0 Å². The molecule has 0 atom stereocenters. The van der Waals surface area contributed by atoms with Crippen LogP contribution in [-0.4, -0.2) is 30.1 Å². The average Bonchev–Trinajstić information content (AvgIpc) is 2.27. The molecule has 2 amide bonds. The number of carbonyl (C=O) groups excluding carboxylic acids is 1. The highest BCUT2D eigenvalue weighted by Gasteiger charge is 2.13. The average molecular weight is 273 g/mol. The lowest BCUT2D eigenvalue weighted by Crippen LogP contribution is -2.45. The Balaban J connectivity index is 2.79. The predicted octanol–water partition coefficient (Wildman–Crippen LogP) is 1.05. The van der Waals surface area contributed by atoms with Gasteiger partial charge in [0.1, 0.15) is 0 Å². The molecule has 0 bridgehead atoms. The number of benzene rings is 1. The fourth-order valence-corrected chi connectivity index (χ4v) is 1.61. The molecule has 0 saturated carbocycles. The molecule has 18 heavy (non-hydrogen) atoms. The van der Waals surface area contributed by atoms with E-state index in [2.05, 4.69) is 5.32 Å². The molecule has 0 saturated heterocycles. The van der Waals surface area contributed by atoms with Crippen molar-refractivity contribution >= 4 is 21.8 Å². The van der Waals surface area contributed by atoms with Crippen molar-refractivity contribution < 1.29 is 17.8 Å². The van der Waals surface area contributed by atoms with E-state index in [0.717, 1.165) is 5.01 Å². The Morgan fingerprint density at radius 3 is 2.22 bits per heavy atom. The number of hydrogen-bond donors (Lipinski definition) is 3. The minimum absolute atomic E-state index is 0.165. The molecule has 1 aromatic carbocycles. The number of hydrogen-bond acceptors (Lipinski definition) is 4. The summed E-state index contributed by atoms with van der Waals surface area (Å²) in [6.45, 7) is 3.50. The Hall–Kier alpha value is -1.64. The second-order valence-corrected chi connectivity index (χ2v) is 5.35. The first-order chi connectivity index (χ1) is 8.21. The van der Waals surface area contributed by atoms with Gasteiger partial charge in [0.2, 0.25) is 0 Å². The molecule has 0 radical (unpaired) electrons. The first-order valence-electron chi connectivity index (χ1n) is 5.14. The SMILES string of the molecule is CC(C)N(N)C(=O)Nc1ccc(S(=O)(=O)O)cc1. The van der Waals surface area contributed by atoms with E-state index in [1.165, 1.54) is 24.3 Å². The number of carbonyl (C=O) groups is 1. The van der Waals surface area contributed by atoms with E-state index in [4.69, 9.17) is 10.4 Å². The molecule has 100 valence electrons. The highest BCUT2D eigenvalue weighted by Crippen LogP contribution is 2.14. The van der Waals surface area contributed by atoms with Crippen molar-refractivity contribution in [3.63, 3.8) is 0 Å². The first-order valence-corrected chi connectivity index (χ1v) is 6.58. The van der Waals surface area contributed by atoms with Crippen LogP contribution in [0.15, 0.2) is 29.2 Å². The molecule has 0 aliphatic heterocycles. The molecule has 0 aliphatic carbocycles. The molecule has 1 rings (SSSR count). The van der Waals surface area contributed by atoms with Crippen molar-refractivity contribution in [2.24, 2.45) is 5.84 Å². The highest BCUT2D eigenvalue weighted by molar-refractivity contribution is 7.85. The fraction of sp³-hybridized carbons (Fsp3) is 0.300. The van der Waals surface area contributed by atoms with Crippen LogP contribution < -0.4 is 11.2 Å². The van der Waals surface area contributed by atoms with Crippen LogP contribution in [0, 0.1) is 0 Å². The maximum atomic E-state index is 11.6. The van der Waals surface area contributed by atoms with E-state index in [1.807, 2.05) is 0 Å². The summed E-state index contributed by atoms with van der Waals surface area (Å²) in [7, 11) is -4.23.